The van der Waals surface area contributed by atoms with Crippen molar-refractivity contribution in [1.82, 2.24) is 9.55 Å². The van der Waals surface area contributed by atoms with Crippen LogP contribution in [0.1, 0.15) is 0 Å². The van der Waals surface area contributed by atoms with Crippen LogP contribution in [0.2, 0.25) is 5.02 Å². The van der Waals surface area contributed by atoms with Crippen LogP contribution >= 0.6 is 23.4 Å². The SMILES string of the molecule is O=C([O-])CSc1nc2ccccc2c(=O)n1-c1cccc(Cl)c1. The summed E-state index contributed by atoms with van der Waals surface area (Å²) in [5, 5.41) is 12.0. The van der Waals surface area contributed by atoms with Crippen molar-refractivity contribution in [2.45, 2.75) is 5.16 Å². The molecule has 0 saturated carbocycles. The molecule has 0 unspecified atom stereocenters. The van der Waals surface area contributed by atoms with Crippen LogP contribution in [0.5, 0.6) is 0 Å². The Balaban J connectivity index is 2.27. The number of aromatic nitrogens is 2. The minimum Gasteiger partial charge on any atom is -0.549 e. The van der Waals surface area contributed by atoms with Gasteiger partial charge in [0.05, 0.1) is 22.6 Å². The van der Waals surface area contributed by atoms with Gasteiger partial charge in [-0.05, 0) is 30.3 Å². The molecule has 3 aromatic rings. The largest absolute Gasteiger partial charge is 0.549 e. The van der Waals surface area contributed by atoms with Gasteiger partial charge in [-0.1, -0.05) is 41.6 Å². The molecule has 0 fully saturated rings. The molecule has 0 spiro atoms. The first-order chi connectivity index (χ1) is 11.1. The van der Waals surface area contributed by atoms with Crippen LogP contribution < -0.4 is 10.7 Å². The zero-order valence-corrected chi connectivity index (χ0v) is 13.3. The summed E-state index contributed by atoms with van der Waals surface area (Å²) in [5.74, 6) is -1.53. The van der Waals surface area contributed by atoms with Crippen molar-refractivity contribution >= 4 is 40.2 Å². The van der Waals surface area contributed by atoms with Gasteiger partial charge < -0.3 is 9.90 Å². The second kappa shape index (κ2) is 6.44. The van der Waals surface area contributed by atoms with Crippen LogP contribution in [0.3, 0.4) is 0 Å². The van der Waals surface area contributed by atoms with E-state index in [4.69, 9.17) is 11.6 Å². The third-order valence-corrected chi connectivity index (χ3v) is 4.28. The summed E-state index contributed by atoms with van der Waals surface area (Å²) in [6, 6.07) is 13.7. The summed E-state index contributed by atoms with van der Waals surface area (Å²) in [7, 11) is 0. The van der Waals surface area contributed by atoms with Crippen molar-refractivity contribution in [2.24, 2.45) is 0 Å². The van der Waals surface area contributed by atoms with Gasteiger partial charge in [-0.3, -0.25) is 9.36 Å². The number of hydrogen-bond acceptors (Lipinski definition) is 5. The lowest BCUT2D eigenvalue weighted by molar-refractivity contribution is -0.301. The lowest BCUT2D eigenvalue weighted by Crippen LogP contribution is -2.26. The van der Waals surface area contributed by atoms with Gasteiger partial charge in [0, 0.05) is 10.8 Å². The molecule has 3 rings (SSSR count). The number of thioether (sulfide) groups is 1. The van der Waals surface area contributed by atoms with Gasteiger partial charge in [0.15, 0.2) is 5.16 Å². The van der Waals surface area contributed by atoms with Gasteiger partial charge >= 0.3 is 0 Å². The van der Waals surface area contributed by atoms with Gasteiger partial charge in [0.2, 0.25) is 0 Å². The highest BCUT2D eigenvalue weighted by atomic mass is 35.5. The van der Waals surface area contributed by atoms with Gasteiger partial charge in [0.25, 0.3) is 5.56 Å². The van der Waals surface area contributed by atoms with Crippen molar-refractivity contribution in [3.05, 3.63) is 63.9 Å². The van der Waals surface area contributed by atoms with Crippen LogP contribution in [0.25, 0.3) is 16.6 Å². The number of benzene rings is 2. The van der Waals surface area contributed by atoms with Crippen molar-refractivity contribution in [3.8, 4) is 5.69 Å². The molecule has 0 radical (unpaired) electrons. The Hall–Kier alpha value is -2.31. The number of carbonyl (C=O) groups is 1. The summed E-state index contributed by atoms with van der Waals surface area (Å²) in [6.07, 6.45) is 0. The molecule has 23 heavy (non-hydrogen) atoms. The third-order valence-electron chi connectivity index (χ3n) is 3.13. The lowest BCUT2D eigenvalue weighted by Gasteiger charge is -2.13. The predicted octanol–water partition coefficient (Wildman–Crippen LogP) is 1.88. The monoisotopic (exact) mass is 345 g/mol. The number of nitrogens with zero attached hydrogens (tertiary/aromatic N) is 2. The van der Waals surface area contributed by atoms with Crippen LogP contribution in [0, 0.1) is 0 Å². The molecule has 0 N–H and O–H groups in total. The molecule has 0 atom stereocenters. The van der Waals surface area contributed by atoms with Crippen molar-refractivity contribution in [3.63, 3.8) is 0 Å². The van der Waals surface area contributed by atoms with E-state index in [1.807, 2.05) is 0 Å². The first-order valence-corrected chi connectivity index (χ1v) is 8.03. The molecule has 1 heterocycles. The van der Waals surface area contributed by atoms with Crippen molar-refractivity contribution in [2.75, 3.05) is 5.75 Å². The molecular formula is C16H10ClN2O3S-. The van der Waals surface area contributed by atoms with Gasteiger partial charge in [-0.15, -0.1) is 0 Å². The minimum absolute atomic E-state index is 0.278. The Morgan fingerprint density at radius 3 is 2.74 bits per heavy atom. The number of aliphatic carboxylic acids is 1. The maximum absolute atomic E-state index is 12.8. The molecule has 0 aliphatic heterocycles. The van der Waals surface area contributed by atoms with Crippen LogP contribution in [-0.4, -0.2) is 21.3 Å². The van der Waals surface area contributed by atoms with Gasteiger partial charge in [-0.25, -0.2) is 4.98 Å². The highest BCUT2D eigenvalue weighted by Gasteiger charge is 2.13. The van der Waals surface area contributed by atoms with E-state index in [1.165, 1.54) is 4.57 Å². The van der Waals surface area contributed by atoms with E-state index in [2.05, 4.69) is 4.98 Å². The molecule has 0 aliphatic carbocycles. The number of carboxylic acids is 1. The number of hydrogen-bond donors (Lipinski definition) is 0. The fourth-order valence-electron chi connectivity index (χ4n) is 2.18. The van der Waals surface area contributed by atoms with E-state index >= 15 is 0 Å². The summed E-state index contributed by atoms with van der Waals surface area (Å²) in [6.45, 7) is 0. The summed E-state index contributed by atoms with van der Waals surface area (Å²) >= 11 is 6.93. The summed E-state index contributed by atoms with van der Waals surface area (Å²) < 4.78 is 1.36. The van der Waals surface area contributed by atoms with Crippen molar-refractivity contribution in [1.29, 1.82) is 0 Å². The van der Waals surface area contributed by atoms with E-state index in [1.54, 1.807) is 48.5 Å². The fourth-order valence-corrected chi connectivity index (χ4v) is 3.09. The van der Waals surface area contributed by atoms with Crippen LogP contribution in [-0.2, 0) is 4.79 Å². The van der Waals surface area contributed by atoms with E-state index in [0.29, 0.717) is 21.6 Å². The van der Waals surface area contributed by atoms with Crippen molar-refractivity contribution < 1.29 is 9.90 Å². The standard InChI is InChI=1S/C16H11ClN2O3S/c17-10-4-3-5-11(8-10)19-15(22)12-6-1-2-7-13(12)18-16(19)23-9-14(20)21/h1-8H,9H2,(H,20,21)/p-1. The highest BCUT2D eigenvalue weighted by molar-refractivity contribution is 7.99. The summed E-state index contributed by atoms with van der Waals surface area (Å²) in [4.78, 5) is 28.0. The van der Waals surface area contributed by atoms with E-state index in [0.717, 1.165) is 11.8 Å². The zero-order valence-electron chi connectivity index (χ0n) is 11.7. The quantitative estimate of drug-likeness (QED) is 0.533. The molecule has 5 nitrogen and oxygen atoms in total. The number of halogens is 1. The maximum Gasteiger partial charge on any atom is 0.266 e. The minimum atomic E-state index is -1.23. The number of carboxylic acid groups (broad SMARTS) is 1. The number of para-hydroxylation sites is 1. The van der Waals surface area contributed by atoms with E-state index < -0.39 is 5.97 Å². The topological polar surface area (TPSA) is 75.0 Å². The molecule has 1 aromatic heterocycles. The smallest absolute Gasteiger partial charge is 0.266 e. The van der Waals surface area contributed by atoms with Gasteiger partial charge in [-0.2, -0.15) is 0 Å². The zero-order chi connectivity index (χ0) is 16.4. The molecule has 0 aliphatic rings. The fraction of sp³-hybridized carbons (Fsp3) is 0.0625. The highest BCUT2D eigenvalue weighted by Crippen LogP contribution is 2.22. The predicted molar refractivity (Wildman–Crippen MR) is 88.1 cm³/mol. The Bertz CT molecular complexity index is 955. The second-order valence-electron chi connectivity index (χ2n) is 4.69. The Kier molecular flexibility index (Phi) is 4.36. The van der Waals surface area contributed by atoms with Gasteiger partial charge in [0.1, 0.15) is 0 Å². The Morgan fingerprint density at radius 1 is 1.22 bits per heavy atom. The number of fused-ring (bicyclic) bond motifs is 1. The van der Waals surface area contributed by atoms with Crippen LogP contribution in [0.15, 0.2) is 58.5 Å². The molecule has 116 valence electrons. The first kappa shape index (κ1) is 15.6. The average Bonchev–Trinajstić information content (AvgIpc) is 2.53. The number of carbonyl (C=O) groups excluding carboxylic acids is 1. The molecule has 0 bridgehead atoms. The first-order valence-electron chi connectivity index (χ1n) is 6.66. The molecule has 0 amide bonds. The van der Waals surface area contributed by atoms with Crippen LogP contribution in [0.4, 0.5) is 0 Å². The molecule has 2 aromatic carbocycles. The maximum atomic E-state index is 12.8. The Labute approximate surface area is 140 Å². The van der Waals surface area contributed by atoms with E-state index in [-0.39, 0.29) is 16.5 Å². The lowest BCUT2D eigenvalue weighted by atomic mass is 10.2. The van der Waals surface area contributed by atoms with E-state index in [9.17, 15) is 14.7 Å². The average molecular weight is 346 g/mol. The normalized spacial score (nSPS) is 10.8. The molecule has 0 saturated heterocycles. The molecule has 7 heteroatoms. The summed E-state index contributed by atoms with van der Waals surface area (Å²) in [5.41, 5.74) is 0.761. The Morgan fingerprint density at radius 2 is 2.00 bits per heavy atom. The molecular weight excluding hydrogens is 336 g/mol. The second-order valence-corrected chi connectivity index (χ2v) is 6.07. The third kappa shape index (κ3) is 3.23. The number of rotatable bonds is 4.